The van der Waals surface area contributed by atoms with E-state index in [1.807, 2.05) is 18.2 Å². The van der Waals surface area contributed by atoms with Crippen molar-refractivity contribution in [1.29, 1.82) is 0 Å². The van der Waals surface area contributed by atoms with Gasteiger partial charge in [0.1, 0.15) is 11.6 Å². The van der Waals surface area contributed by atoms with Crippen LogP contribution in [0.2, 0.25) is 0 Å². The van der Waals surface area contributed by atoms with Crippen molar-refractivity contribution in [3.8, 4) is 11.3 Å². The highest BCUT2D eigenvalue weighted by molar-refractivity contribution is 5.58. The van der Waals surface area contributed by atoms with Crippen molar-refractivity contribution >= 4 is 0 Å². The molecule has 160 valence electrons. The van der Waals surface area contributed by atoms with Crippen molar-refractivity contribution in [1.82, 2.24) is 19.9 Å². The summed E-state index contributed by atoms with van der Waals surface area (Å²) in [5.41, 5.74) is 4.43. The minimum Gasteiger partial charge on any atom is -0.310 e. The number of pyridine rings is 1. The second-order valence-electron chi connectivity index (χ2n) is 8.69. The third kappa shape index (κ3) is 4.44. The van der Waals surface area contributed by atoms with Gasteiger partial charge in [-0.05, 0) is 49.2 Å². The molecule has 1 N–H and O–H groups in total. The molecule has 2 aromatic heterocycles. The Morgan fingerprint density at radius 1 is 1.03 bits per heavy atom. The quantitative estimate of drug-likeness (QED) is 0.674. The van der Waals surface area contributed by atoms with E-state index in [9.17, 15) is 9.18 Å². The molecule has 1 fully saturated rings. The van der Waals surface area contributed by atoms with E-state index >= 15 is 0 Å². The maximum atomic E-state index is 13.2. The average molecular weight is 419 g/mol. The van der Waals surface area contributed by atoms with Crippen LogP contribution in [0.5, 0.6) is 0 Å². The van der Waals surface area contributed by atoms with E-state index in [0.717, 1.165) is 59.8 Å². The molecule has 5 nitrogen and oxygen atoms in total. The Balaban J connectivity index is 1.31. The highest BCUT2D eigenvalue weighted by atomic mass is 19.1. The third-order valence-electron chi connectivity index (χ3n) is 6.49. The van der Waals surface area contributed by atoms with Crippen LogP contribution < -0.4 is 5.56 Å². The first-order chi connectivity index (χ1) is 15.2. The number of fused-ring (bicyclic) bond motifs is 1. The Kier molecular flexibility index (Phi) is 5.64. The predicted molar refractivity (Wildman–Crippen MR) is 118 cm³/mol. The molecule has 1 aromatic carbocycles. The first kappa shape index (κ1) is 20.1. The topological polar surface area (TPSA) is 61.9 Å². The van der Waals surface area contributed by atoms with Gasteiger partial charge in [-0.3, -0.25) is 14.7 Å². The third-order valence-corrected chi connectivity index (χ3v) is 6.49. The van der Waals surface area contributed by atoms with Gasteiger partial charge in [0.15, 0.2) is 0 Å². The standard InChI is InChI=1S/C25H27FN4O/c26-19-11-9-17(10-12-19)22-8-4-7-20(27-22)15-30-14-13-23-21(16-30)25(31)29-24(28-23)18-5-2-1-3-6-18/h4,7-12,18H,1-3,5-6,13-16H2,(H,28,29,31). The molecule has 0 unspecified atom stereocenters. The minimum atomic E-state index is -0.252. The summed E-state index contributed by atoms with van der Waals surface area (Å²) in [6, 6.07) is 12.3. The van der Waals surface area contributed by atoms with E-state index in [1.54, 1.807) is 12.1 Å². The Hall–Kier alpha value is -2.86. The normalized spacial score (nSPS) is 17.5. The number of hydrogen-bond donors (Lipinski definition) is 1. The molecule has 5 rings (SSSR count). The number of H-pyrrole nitrogens is 1. The van der Waals surface area contributed by atoms with Crippen LogP contribution in [-0.2, 0) is 19.5 Å². The lowest BCUT2D eigenvalue weighted by atomic mass is 9.88. The van der Waals surface area contributed by atoms with Crippen LogP contribution in [0.15, 0.2) is 47.3 Å². The van der Waals surface area contributed by atoms with Gasteiger partial charge in [-0.25, -0.2) is 9.37 Å². The van der Waals surface area contributed by atoms with Crippen molar-refractivity contribution in [2.24, 2.45) is 0 Å². The van der Waals surface area contributed by atoms with Gasteiger partial charge >= 0.3 is 0 Å². The van der Waals surface area contributed by atoms with Gasteiger partial charge in [-0.15, -0.1) is 0 Å². The minimum absolute atomic E-state index is 0.0169. The van der Waals surface area contributed by atoms with Crippen LogP contribution in [0.3, 0.4) is 0 Å². The Labute approximate surface area is 181 Å². The number of rotatable bonds is 4. The fourth-order valence-corrected chi connectivity index (χ4v) is 4.78. The molecule has 1 aliphatic heterocycles. The van der Waals surface area contributed by atoms with Gasteiger partial charge in [-0.2, -0.15) is 0 Å². The first-order valence-electron chi connectivity index (χ1n) is 11.2. The highest BCUT2D eigenvalue weighted by Crippen LogP contribution is 2.31. The summed E-state index contributed by atoms with van der Waals surface area (Å²) in [5, 5.41) is 0. The molecule has 6 heteroatoms. The first-order valence-corrected chi connectivity index (χ1v) is 11.2. The van der Waals surface area contributed by atoms with Gasteiger partial charge in [0.25, 0.3) is 5.56 Å². The average Bonchev–Trinajstić information content (AvgIpc) is 2.81. The molecule has 0 saturated heterocycles. The zero-order valence-corrected chi connectivity index (χ0v) is 17.6. The predicted octanol–water partition coefficient (Wildman–Crippen LogP) is 4.58. The lowest BCUT2D eigenvalue weighted by Gasteiger charge is -2.28. The van der Waals surface area contributed by atoms with Crippen LogP contribution in [0.1, 0.15) is 60.8 Å². The zero-order valence-electron chi connectivity index (χ0n) is 17.6. The fourth-order valence-electron chi connectivity index (χ4n) is 4.78. The molecule has 0 atom stereocenters. The van der Waals surface area contributed by atoms with Gasteiger partial charge in [0, 0.05) is 37.5 Å². The van der Waals surface area contributed by atoms with Gasteiger partial charge < -0.3 is 4.98 Å². The molecule has 0 radical (unpaired) electrons. The molecule has 2 aliphatic rings. The number of benzene rings is 1. The Morgan fingerprint density at radius 3 is 2.65 bits per heavy atom. The fraction of sp³-hybridized carbons (Fsp3) is 0.400. The highest BCUT2D eigenvalue weighted by Gasteiger charge is 2.24. The SMILES string of the molecule is O=c1[nH]c(C2CCCCC2)nc2c1CN(Cc1cccc(-c3ccc(F)cc3)n1)CC2. The number of halogens is 1. The summed E-state index contributed by atoms with van der Waals surface area (Å²) in [7, 11) is 0. The van der Waals surface area contributed by atoms with E-state index in [2.05, 4.69) is 9.88 Å². The second kappa shape index (κ2) is 8.71. The Morgan fingerprint density at radius 2 is 1.84 bits per heavy atom. The summed E-state index contributed by atoms with van der Waals surface area (Å²) < 4.78 is 13.2. The van der Waals surface area contributed by atoms with E-state index in [1.165, 1.54) is 31.4 Å². The molecular formula is C25H27FN4O. The van der Waals surface area contributed by atoms with Gasteiger partial charge in [0.05, 0.1) is 22.6 Å². The van der Waals surface area contributed by atoms with E-state index in [4.69, 9.17) is 9.97 Å². The summed E-state index contributed by atoms with van der Waals surface area (Å²) in [6.07, 6.45) is 6.79. The largest absolute Gasteiger partial charge is 0.310 e. The van der Waals surface area contributed by atoms with Crippen molar-refractivity contribution in [3.05, 3.63) is 81.4 Å². The number of aromatic nitrogens is 3. The maximum absolute atomic E-state index is 13.2. The molecule has 1 aliphatic carbocycles. The summed E-state index contributed by atoms with van der Waals surface area (Å²) in [4.78, 5) is 27.8. The monoisotopic (exact) mass is 418 g/mol. The van der Waals surface area contributed by atoms with Gasteiger partial charge in [0.2, 0.25) is 0 Å². The smallest absolute Gasteiger partial charge is 0.255 e. The molecule has 3 heterocycles. The van der Waals surface area contributed by atoms with E-state index in [0.29, 0.717) is 19.0 Å². The number of nitrogens with one attached hydrogen (secondary N) is 1. The van der Waals surface area contributed by atoms with Crippen LogP contribution in [0, 0.1) is 5.82 Å². The molecular weight excluding hydrogens is 391 g/mol. The molecule has 0 bridgehead atoms. The molecule has 31 heavy (non-hydrogen) atoms. The van der Waals surface area contributed by atoms with Crippen molar-refractivity contribution in [2.75, 3.05) is 6.54 Å². The molecule has 3 aromatic rings. The van der Waals surface area contributed by atoms with E-state index < -0.39 is 0 Å². The van der Waals surface area contributed by atoms with Crippen molar-refractivity contribution in [2.45, 2.75) is 57.5 Å². The number of aromatic amines is 1. The zero-order chi connectivity index (χ0) is 21.2. The molecule has 0 amide bonds. The lowest BCUT2D eigenvalue weighted by molar-refractivity contribution is 0.238. The second-order valence-corrected chi connectivity index (χ2v) is 8.69. The molecule has 0 spiro atoms. The number of hydrogen-bond acceptors (Lipinski definition) is 4. The molecule has 1 saturated carbocycles. The van der Waals surface area contributed by atoms with Crippen molar-refractivity contribution < 1.29 is 4.39 Å². The lowest BCUT2D eigenvalue weighted by Crippen LogP contribution is -2.36. The van der Waals surface area contributed by atoms with Crippen molar-refractivity contribution in [3.63, 3.8) is 0 Å². The van der Waals surface area contributed by atoms with Crippen LogP contribution in [0.25, 0.3) is 11.3 Å². The summed E-state index contributed by atoms with van der Waals surface area (Å²) in [5.74, 6) is 1.05. The van der Waals surface area contributed by atoms with Crippen LogP contribution in [-0.4, -0.2) is 26.4 Å². The Bertz CT molecular complexity index is 1120. The van der Waals surface area contributed by atoms with E-state index in [-0.39, 0.29) is 11.4 Å². The van der Waals surface area contributed by atoms with Crippen LogP contribution >= 0.6 is 0 Å². The summed E-state index contributed by atoms with van der Waals surface area (Å²) in [6.45, 7) is 2.11. The van der Waals surface area contributed by atoms with Crippen LogP contribution in [0.4, 0.5) is 4.39 Å². The maximum Gasteiger partial charge on any atom is 0.255 e. The van der Waals surface area contributed by atoms with Gasteiger partial charge in [-0.1, -0.05) is 25.3 Å². The summed E-state index contributed by atoms with van der Waals surface area (Å²) >= 11 is 0. The number of nitrogens with zero attached hydrogens (tertiary/aromatic N) is 3.